The van der Waals surface area contributed by atoms with Crippen LogP contribution >= 0.6 is 0 Å². The van der Waals surface area contributed by atoms with Gasteiger partial charge in [-0.05, 0) is 47.4 Å². The minimum atomic E-state index is 0.397. The highest BCUT2D eigenvalue weighted by molar-refractivity contribution is 5.79. The molecule has 0 aliphatic heterocycles. The molecular weight excluding hydrogens is 270 g/mol. The zero-order valence-corrected chi connectivity index (χ0v) is 11.4. The van der Waals surface area contributed by atoms with E-state index < -0.39 is 0 Å². The molecule has 1 N–H and O–H groups in total. The van der Waals surface area contributed by atoms with E-state index in [1.165, 1.54) is 11.1 Å². The van der Waals surface area contributed by atoms with Crippen LogP contribution in [0.15, 0.2) is 29.2 Å². The normalized spacial score (nSPS) is 11.3. The lowest BCUT2D eigenvalue weighted by atomic mass is 10.1. The number of hydrogen-bond donors (Lipinski definition) is 1. The van der Waals surface area contributed by atoms with Crippen molar-refractivity contribution in [3.63, 3.8) is 0 Å². The average molecular weight is 281 g/mol. The molecule has 0 fully saturated rings. The van der Waals surface area contributed by atoms with E-state index in [0.29, 0.717) is 22.8 Å². The molecule has 0 saturated carbocycles. The molecule has 3 aromatic heterocycles. The number of fused-ring (bicyclic) bond motifs is 3. The fourth-order valence-electron chi connectivity index (χ4n) is 2.15. The number of anilines is 2. The maximum atomic E-state index is 4.72. The molecule has 8 nitrogen and oxygen atoms in total. The van der Waals surface area contributed by atoms with Crippen molar-refractivity contribution in [1.29, 1.82) is 0 Å². The molecule has 0 radical (unpaired) electrons. The highest BCUT2D eigenvalue weighted by atomic mass is 16.6. The molecule has 0 spiro atoms. The Kier molecular flexibility index (Phi) is 2.37. The second-order valence-electron chi connectivity index (χ2n) is 4.82. The van der Waals surface area contributed by atoms with E-state index in [9.17, 15) is 0 Å². The molecule has 21 heavy (non-hydrogen) atoms. The summed E-state index contributed by atoms with van der Waals surface area (Å²) in [4.78, 5) is 4.38. The average Bonchev–Trinajstić information content (AvgIpc) is 3.10. The van der Waals surface area contributed by atoms with Crippen LogP contribution in [0.3, 0.4) is 0 Å². The van der Waals surface area contributed by atoms with Gasteiger partial charge in [-0.15, -0.1) is 10.2 Å². The van der Waals surface area contributed by atoms with Crippen molar-refractivity contribution in [2.24, 2.45) is 0 Å². The van der Waals surface area contributed by atoms with Crippen LogP contribution in [0.5, 0.6) is 0 Å². The smallest absolute Gasteiger partial charge is 0.244 e. The molecule has 0 aliphatic carbocycles. The van der Waals surface area contributed by atoms with Gasteiger partial charge in [-0.3, -0.25) is 4.40 Å². The van der Waals surface area contributed by atoms with Gasteiger partial charge in [-0.2, -0.15) is 0 Å². The van der Waals surface area contributed by atoms with Crippen molar-refractivity contribution in [3.8, 4) is 0 Å². The molecule has 0 atom stereocenters. The predicted molar refractivity (Wildman–Crippen MR) is 75.3 cm³/mol. The Morgan fingerprint density at radius 3 is 2.86 bits per heavy atom. The molecule has 0 saturated heterocycles. The van der Waals surface area contributed by atoms with Gasteiger partial charge in [-0.1, -0.05) is 6.07 Å². The first-order valence-electron chi connectivity index (χ1n) is 6.38. The Bertz CT molecular complexity index is 956. The highest BCUT2D eigenvalue weighted by Crippen LogP contribution is 2.23. The Balaban J connectivity index is 1.87. The Morgan fingerprint density at radius 1 is 1.10 bits per heavy atom. The molecule has 1 aromatic carbocycles. The molecule has 4 rings (SSSR count). The summed E-state index contributed by atoms with van der Waals surface area (Å²) in [5.74, 6) is 0.555. The number of nitrogens with zero attached hydrogens (tertiary/aromatic N) is 6. The number of hydrogen-bond acceptors (Lipinski definition) is 7. The van der Waals surface area contributed by atoms with Gasteiger partial charge in [-0.25, -0.2) is 9.61 Å². The van der Waals surface area contributed by atoms with E-state index >= 15 is 0 Å². The SMILES string of the molecule is Cc1ccc(Nc2nc3nonc3n3cnnc23)cc1C. The second kappa shape index (κ2) is 4.23. The molecule has 0 amide bonds. The summed E-state index contributed by atoms with van der Waals surface area (Å²) in [5, 5.41) is 18.8. The van der Waals surface area contributed by atoms with Crippen LogP contribution < -0.4 is 5.32 Å². The molecule has 0 unspecified atom stereocenters. The summed E-state index contributed by atoms with van der Waals surface area (Å²) in [5.41, 5.74) is 4.80. The fourth-order valence-corrected chi connectivity index (χ4v) is 2.15. The third kappa shape index (κ3) is 1.80. The number of aromatic nitrogens is 6. The molecule has 0 bridgehead atoms. The summed E-state index contributed by atoms with van der Waals surface area (Å²) in [6.07, 6.45) is 1.55. The summed E-state index contributed by atoms with van der Waals surface area (Å²) in [6, 6.07) is 6.09. The number of benzene rings is 1. The molecule has 4 aromatic rings. The van der Waals surface area contributed by atoms with E-state index in [0.717, 1.165) is 5.69 Å². The van der Waals surface area contributed by atoms with E-state index in [1.807, 2.05) is 6.07 Å². The topological polar surface area (TPSA) is 94.0 Å². The lowest BCUT2D eigenvalue weighted by molar-refractivity contribution is 0.314. The van der Waals surface area contributed by atoms with Crippen LogP contribution in [0.1, 0.15) is 11.1 Å². The predicted octanol–water partition coefficient (Wildman–Crippen LogP) is 2.02. The van der Waals surface area contributed by atoms with E-state index in [4.69, 9.17) is 4.63 Å². The second-order valence-corrected chi connectivity index (χ2v) is 4.82. The van der Waals surface area contributed by atoms with Crippen molar-refractivity contribution in [2.75, 3.05) is 5.32 Å². The summed E-state index contributed by atoms with van der Waals surface area (Å²) < 4.78 is 6.40. The first-order chi connectivity index (χ1) is 10.2. The van der Waals surface area contributed by atoms with Gasteiger partial charge in [0.25, 0.3) is 0 Å². The Hall–Kier alpha value is -3.03. The van der Waals surface area contributed by atoms with Crippen molar-refractivity contribution in [2.45, 2.75) is 13.8 Å². The quantitative estimate of drug-likeness (QED) is 0.600. The zero-order chi connectivity index (χ0) is 14.4. The van der Waals surface area contributed by atoms with Gasteiger partial charge in [0.2, 0.25) is 16.9 Å². The van der Waals surface area contributed by atoms with Crippen LogP contribution in [-0.2, 0) is 0 Å². The van der Waals surface area contributed by atoms with Crippen LogP contribution in [0, 0.1) is 13.8 Å². The van der Waals surface area contributed by atoms with Gasteiger partial charge < -0.3 is 5.32 Å². The lowest BCUT2D eigenvalue weighted by Gasteiger charge is -2.08. The van der Waals surface area contributed by atoms with E-state index in [2.05, 4.69) is 56.8 Å². The first kappa shape index (κ1) is 11.8. The van der Waals surface area contributed by atoms with Gasteiger partial charge in [0.15, 0.2) is 5.82 Å². The van der Waals surface area contributed by atoms with Crippen LogP contribution in [0.2, 0.25) is 0 Å². The first-order valence-corrected chi connectivity index (χ1v) is 6.38. The molecule has 0 aliphatic rings. The minimum Gasteiger partial charge on any atom is -0.337 e. The van der Waals surface area contributed by atoms with Gasteiger partial charge >= 0.3 is 0 Å². The van der Waals surface area contributed by atoms with Crippen molar-refractivity contribution in [3.05, 3.63) is 35.7 Å². The molecular formula is C13H11N7O. The lowest BCUT2D eigenvalue weighted by Crippen LogP contribution is -2.00. The Labute approximate surface area is 118 Å². The zero-order valence-electron chi connectivity index (χ0n) is 11.4. The monoisotopic (exact) mass is 281 g/mol. The molecule has 104 valence electrons. The van der Waals surface area contributed by atoms with E-state index in [-0.39, 0.29) is 0 Å². The minimum absolute atomic E-state index is 0.397. The summed E-state index contributed by atoms with van der Waals surface area (Å²) in [6.45, 7) is 4.13. The highest BCUT2D eigenvalue weighted by Gasteiger charge is 2.14. The maximum absolute atomic E-state index is 4.72. The largest absolute Gasteiger partial charge is 0.337 e. The van der Waals surface area contributed by atoms with Crippen molar-refractivity contribution >= 4 is 28.4 Å². The van der Waals surface area contributed by atoms with Crippen molar-refractivity contribution in [1.82, 2.24) is 29.9 Å². The fraction of sp³-hybridized carbons (Fsp3) is 0.154. The molecule has 3 heterocycles. The molecule has 8 heteroatoms. The van der Waals surface area contributed by atoms with Gasteiger partial charge in [0, 0.05) is 5.69 Å². The van der Waals surface area contributed by atoms with Crippen LogP contribution in [0.4, 0.5) is 11.5 Å². The van der Waals surface area contributed by atoms with Crippen molar-refractivity contribution < 1.29 is 4.63 Å². The van der Waals surface area contributed by atoms with E-state index in [1.54, 1.807) is 10.7 Å². The van der Waals surface area contributed by atoms with Crippen LogP contribution in [0.25, 0.3) is 16.9 Å². The standard InChI is InChI=1S/C13H11N7O/c1-7-3-4-9(5-8(7)2)15-10-12-17-14-6-20(12)13-11(16-10)18-21-19-13/h3-6H,1-2H3,(H,15,16,18). The number of aryl methyl sites for hydroxylation is 2. The van der Waals surface area contributed by atoms with Gasteiger partial charge in [0.1, 0.15) is 6.33 Å². The number of nitrogens with one attached hydrogen (secondary N) is 1. The van der Waals surface area contributed by atoms with Crippen LogP contribution in [-0.4, -0.2) is 29.9 Å². The maximum Gasteiger partial charge on any atom is 0.244 e. The van der Waals surface area contributed by atoms with Gasteiger partial charge in [0.05, 0.1) is 0 Å². The Morgan fingerprint density at radius 2 is 2.00 bits per heavy atom. The number of rotatable bonds is 2. The summed E-state index contributed by atoms with van der Waals surface area (Å²) >= 11 is 0. The third-order valence-electron chi connectivity index (χ3n) is 3.43. The summed E-state index contributed by atoms with van der Waals surface area (Å²) in [7, 11) is 0. The third-order valence-corrected chi connectivity index (χ3v) is 3.43.